The molecule has 3 rings (SSSR count). The molecule has 3 heterocycles. The summed E-state index contributed by atoms with van der Waals surface area (Å²) >= 11 is 1.64. The van der Waals surface area contributed by atoms with E-state index in [9.17, 15) is 4.79 Å². The van der Waals surface area contributed by atoms with E-state index in [1.54, 1.807) is 28.6 Å². The Morgan fingerprint density at radius 3 is 3.12 bits per heavy atom. The number of ether oxygens (including phenoxy) is 1. The lowest BCUT2D eigenvalue weighted by Gasteiger charge is -2.18. The fourth-order valence-corrected chi connectivity index (χ4v) is 3.12. The van der Waals surface area contributed by atoms with E-state index in [1.165, 1.54) is 0 Å². The van der Waals surface area contributed by atoms with Crippen molar-refractivity contribution in [3.05, 3.63) is 34.8 Å². The lowest BCUT2D eigenvalue weighted by molar-refractivity contribution is 0.182. The van der Waals surface area contributed by atoms with Gasteiger partial charge in [-0.3, -0.25) is 4.98 Å². The highest BCUT2D eigenvalue weighted by molar-refractivity contribution is 7.09. The first-order chi connectivity index (χ1) is 11.6. The van der Waals surface area contributed by atoms with Crippen LogP contribution < -0.4 is 15.0 Å². The molecule has 0 aliphatic carbocycles. The van der Waals surface area contributed by atoms with E-state index in [0.29, 0.717) is 25.5 Å². The SMILES string of the molecule is CN(C)c1cncc(O[C@H]2CCN(C(=O)NCc3cccs3)C2)n1. The van der Waals surface area contributed by atoms with E-state index in [4.69, 9.17) is 4.74 Å². The Morgan fingerprint density at radius 1 is 1.50 bits per heavy atom. The number of hydrogen-bond donors (Lipinski definition) is 1. The van der Waals surface area contributed by atoms with Crippen molar-refractivity contribution in [2.24, 2.45) is 0 Å². The van der Waals surface area contributed by atoms with Crippen molar-refractivity contribution in [2.75, 3.05) is 32.1 Å². The van der Waals surface area contributed by atoms with Crippen LogP contribution in [0.15, 0.2) is 29.9 Å². The third kappa shape index (κ3) is 4.14. The van der Waals surface area contributed by atoms with Crippen molar-refractivity contribution >= 4 is 23.2 Å². The molecule has 1 aliphatic heterocycles. The molecule has 0 radical (unpaired) electrons. The molecule has 0 saturated carbocycles. The van der Waals surface area contributed by atoms with Gasteiger partial charge in [-0.15, -0.1) is 11.3 Å². The van der Waals surface area contributed by atoms with Crippen molar-refractivity contribution in [2.45, 2.75) is 19.1 Å². The highest BCUT2D eigenvalue weighted by Gasteiger charge is 2.28. The van der Waals surface area contributed by atoms with Crippen molar-refractivity contribution in [3.63, 3.8) is 0 Å². The van der Waals surface area contributed by atoms with Gasteiger partial charge in [-0.2, -0.15) is 4.98 Å². The molecule has 2 aromatic rings. The lowest BCUT2D eigenvalue weighted by atomic mass is 10.3. The molecule has 0 spiro atoms. The molecule has 7 nitrogen and oxygen atoms in total. The average Bonchev–Trinajstić information content (AvgIpc) is 3.24. The summed E-state index contributed by atoms with van der Waals surface area (Å²) in [5.41, 5.74) is 0. The van der Waals surface area contributed by atoms with Crippen LogP contribution in [0, 0.1) is 0 Å². The summed E-state index contributed by atoms with van der Waals surface area (Å²) in [6.07, 6.45) is 4.03. The smallest absolute Gasteiger partial charge is 0.317 e. The highest BCUT2D eigenvalue weighted by atomic mass is 32.1. The van der Waals surface area contributed by atoms with Gasteiger partial charge in [-0.1, -0.05) is 6.07 Å². The number of nitrogens with zero attached hydrogens (tertiary/aromatic N) is 4. The number of amides is 2. The molecule has 8 heteroatoms. The Morgan fingerprint density at radius 2 is 2.38 bits per heavy atom. The zero-order valence-corrected chi connectivity index (χ0v) is 14.6. The molecular formula is C16H21N5O2S. The summed E-state index contributed by atoms with van der Waals surface area (Å²) < 4.78 is 5.88. The molecule has 1 N–H and O–H groups in total. The summed E-state index contributed by atoms with van der Waals surface area (Å²) in [6, 6.07) is 3.94. The van der Waals surface area contributed by atoms with Gasteiger partial charge >= 0.3 is 6.03 Å². The highest BCUT2D eigenvalue weighted by Crippen LogP contribution is 2.18. The normalized spacial score (nSPS) is 16.9. The van der Waals surface area contributed by atoms with E-state index in [0.717, 1.165) is 17.1 Å². The first kappa shape index (κ1) is 16.5. The number of likely N-dealkylation sites (tertiary alicyclic amines) is 1. The van der Waals surface area contributed by atoms with Crippen LogP contribution in [0.1, 0.15) is 11.3 Å². The Balaban J connectivity index is 1.50. The summed E-state index contributed by atoms with van der Waals surface area (Å²) in [5.74, 6) is 1.24. The predicted molar refractivity (Wildman–Crippen MR) is 93.5 cm³/mol. The molecule has 0 bridgehead atoms. The van der Waals surface area contributed by atoms with Gasteiger partial charge in [-0.25, -0.2) is 4.79 Å². The van der Waals surface area contributed by atoms with E-state index in [1.807, 2.05) is 36.5 Å². The summed E-state index contributed by atoms with van der Waals surface area (Å²) in [4.78, 5) is 25.5. The van der Waals surface area contributed by atoms with Gasteiger partial charge in [-0.05, 0) is 11.4 Å². The number of carbonyl (C=O) groups is 1. The summed E-state index contributed by atoms with van der Waals surface area (Å²) in [5, 5.41) is 4.95. The first-order valence-electron chi connectivity index (χ1n) is 7.83. The van der Waals surface area contributed by atoms with Crippen LogP contribution in [-0.2, 0) is 6.54 Å². The van der Waals surface area contributed by atoms with Crippen molar-refractivity contribution in [1.82, 2.24) is 20.2 Å². The first-order valence-corrected chi connectivity index (χ1v) is 8.71. The fraction of sp³-hybridized carbons (Fsp3) is 0.438. The quantitative estimate of drug-likeness (QED) is 0.895. The number of thiophene rings is 1. The minimum Gasteiger partial charge on any atom is -0.471 e. The second-order valence-electron chi connectivity index (χ2n) is 5.82. The summed E-state index contributed by atoms with van der Waals surface area (Å²) in [7, 11) is 3.81. The molecule has 2 amide bonds. The Hall–Kier alpha value is -2.35. The number of urea groups is 1. The van der Waals surface area contributed by atoms with Crippen LogP contribution in [0.5, 0.6) is 5.88 Å². The number of nitrogens with one attached hydrogen (secondary N) is 1. The van der Waals surface area contributed by atoms with E-state index in [2.05, 4.69) is 15.3 Å². The number of rotatable bonds is 5. The Bertz CT molecular complexity index is 677. The molecule has 1 aliphatic rings. The van der Waals surface area contributed by atoms with Crippen LogP contribution in [0.2, 0.25) is 0 Å². The second kappa shape index (κ2) is 7.48. The third-order valence-corrected chi connectivity index (χ3v) is 4.65. The zero-order chi connectivity index (χ0) is 16.9. The predicted octanol–water partition coefficient (Wildman–Crippen LogP) is 1.97. The zero-order valence-electron chi connectivity index (χ0n) is 13.8. The van der Waals surface area contributed by atoms with Gasteiger partial charge < -0.3 is 19.9 Å². The third-order valence-electron chi connectivity index (χ3n) is 3.77. The lowest BCUT2D eigenvalue weighted by Crippen LogP contribution is -2.39. The maximum atomic E-state index is 12.2. The van der Waals surface area contributed by atoms with Crippen LogP contribution in [0.25, 0.3) is 0 Å². The van der Waals surface area contributed by atoms with Gasteiger partial charge in [0.25, 0.3) is 0 Å². The van der Waals surface area contributed by atoms with Gasteiger partial charge in [0.05, 0.1) is 25.5 Å². The largest absolute Gasteiger partial charge is 0.471 e. The molecule has 128 valence electrons. The molecular weight excluding hydrogens is 326 g/mol. The number of aromatic nitrogens is 2. The fourth-order valence-electron chi connectivity index (χ4n) is 2.48. The van der Waals surface area contributed by atoms with Gasteiger partial charge in [0.1, 0.15) is 6.10 Å². The molecule has 1 fully saturated rings. The minimum absolute atomic E-state index is 0.0517. The summed E-state index contributed by atoms with van der Waals surface area (Å²) in [6.45, 7) is 1.81. The maximum absolute atomic E-state index is 12.2. The van der Waals surface area contributed by atoms with Gasteiger partial charge in [0.15, 0.2) is 5.82 Å². The molecule has 2 aromatic heterocycles. The average molecular weight is 347 g/mol. The van der Waals surface area contributed by atoms with Gasteiger partial charge in [0, 0.05) is 31.9 Å². The van der Waals surface area contributed by atoms with E-state index in [-0.39, 0.29) is 12.1 Å². The molecule has 0 unspecified atom stereocenters. The number of carbonyl (C=O) groups excluding carboxylic acids is 1. The van der Waals surface area contributed by atoms with Crippen molar-refractivity contribution < 1.29 is 9.53 Å². The number of anilines is 1. The molecule has 1 saturated heterocycles. The molecule has 24 heavy (non-hydrogen) atoms. The monoisotopic (exact) mass is 347 g/mol. The molecule has 0 aromatic carbocycles. The standard InChI is InChI=1S/C16H21N5O2S/c1-20(2)14-9-17-10-15(19-14)23-12-5-6-21(11-12)16(22)18-8-13-4-3-7-24-13/h3-4,7,9-10,12H,5-6,8,11H2,1-2H3,(H,18,22)/t12-/m0/s1. The number of hydrogen-bond acceptors (Lipinski definition) is 6. The van der Waals surface area contributed by atoms with E-state index >= 15 is 0 Å². The Kier molecular flexibility index (Phi) is 5.14. The van der Waals surface area contributed by atoms with Crippen LogP contribution in [0.4, 0.5) is 10.6 Å². The topological polar surface area (TPSA) is 70.6 Å². The van der Waals surface area contributed by atoms with E-state index < -0.39 is 0 Å². The minimum atomic E-state index is -0.0531. The van der Waals surface area contributed by atoms with Crippen LogP contribution in [0.3, 0.4) is 0 Å². The molecule has 1 atom stereocenters. The second-order valence-corrected chi connectivity index (χ2v) is 6.85. The van der Waals surface area contributed by atoms with Crippen molar-refractivity contribution in [1.29, 1.82) is 0 Å². The van der Waals surface area contributed by atoms with Crippen LogP contribution in [-0.4, -0.2) is 54.2 Å². The maximum Gasteiger partial charge on any atom is 0.317 e. The van der Waals surface area contributed by atoms with Gasteiger partial charge in [0.2, 0.25) is 5.88 Å². The van der Waals surface area contributed by atoms with Crippen LogP contribution >= 0.6 is 11.3 Å². The Labute approximate surface area is 145 Å². The van der Waals surface area contributed by atoms with Crippen molar-refractivity contribution in [3.8, 4) is 5.88 Å².